The van der Waals surface area contributed by atoms with Gasteiger partial charge in [-0.25, -0.2) is 4.98 Å². The molecule has 4 rings (SSSR count). The third-order valence-electron chi connectivity index (χ3n) is 4.37. The summed E-state index contributed by atoms with van der Waals surface area (Å²) in [4.78, 5) is 13.2. The maximum Gasteiger partial charge on any atom is 0.141 e. The normalized spacial score (nSPS) is 12.4. The van der Waals surface area contributed by atoms with Crippen LogP contribution in [0.25, 0.3) is 22.3 Å². The number of rotatable bonds is 4. The molecule has 0 saturated carbocycles. The lowest BCUT2D eigenvalue weighted by atomic mass is 10.0. The molecule has 0 aliphatic heterocycles. The maximum absolute atomic E-state index is 4.65. The number of benzene rings is 1. The molecule has 4 nitrogen and oxygen atoms in total. The highest BCUT2D eigenvalue weighted by atomic mass is 15.1. The first-order chi connectivity index (χ1) is 11.9. The van der Waals surface area contributed by atoms with Crippen molar-refractivity contribution < 1.29 is 0 Å². The Bertz CT molecular complexity index is 954. The first-order valence-electron chi connectivity index (χ1n) is 8.15. The lowest BCUT2D eigenvalue weighted by Crippen LogP contribution is -2.10. The number of nitrogens with zero attached hydrogens (tertiary/aromatic N) is 4. The minimum Gasteiger partial charge on any atom is -0.323 e. The van der Waals surface area contributed by atoms with Crippen LogP contribution in [0.4, 0.5) is 0 Å². The Hall–Kier alpha value is -3.01. The molecule has 0 radical (unpaired) electrons. The number of aromatic nitrogens is 4. The molecule has 3 aromatic heterocycles. The highest BCUT2D eigenvalue weighted by Gasteiger charge is 2.17. The SMILES string of the molecule is CCC(c1ccncc1)n1ccnc1-c1ccnc2ccccc12. The van der Waals surface area contributed by atoms with Crippen LogP contribution < -0.4 is 0 Å². The molecule has 0 amide bonds. The lowest BCUT2D eigenvalue weighted by Gasteiger charge is -2.20. The Morgan fingerprint density at radius 3 is 2.58 bits per heavy atom. The van der Waals surface area contributed by atoms with Crippen LogP contribution in [0.5, 0.6) is 0 Å². The molecule has 0 spiro atoms. The Balaban J connectivity index is 1.88. The summed E-state index contributed by atoms with van der Waals surface area (Å²) in [5.41, 5.74) is 3.34. The molecule has 1 unspecified atom stereocenters. The minimum atomic E-state index is 0.234. The van der Waals surface area contributed by atoms with E-state index in [1.54, 1.807) is 0 Å². The highest BCUT2D eigenvalue weighted by molar-refractivity contribution is 5.92. The number of imidazole rings is 1. The van der Waals surface area contributed by atoms with Gasteiger partial charge in [-0.1, -0.05) is 25.1 Å². The lowest BCUT2D eigenvalue weighted by molar-refractivity contribution is 0.571. The molecule has 0 N–H and O–H groups in total. The number of hydrogen-bond acceptors (Lipinski definition) is 3. The first kappa shape index (κ1) is 14.6. The molecule has 0 bridgehead atoms. The predicted octanol–water partition coefficient (Wildman–Crippen LogP) is 4.49. The van der Waals surface area contributed by atoms with Crippen LogP contribution in [-0.2, 0) is 0 Å². The number of fused-ring (bicyclic) bond motifs is 1. The van der Waals surface area contributed by atoms with Crippen LogP contribution in [0, 0.1) is 0 Å². The van der Waals surface area contributed by atoms with E-state index in [0.717, 1.165) is 28.7 Å². The number of hydrogen-bond donors (Lipinski definition) is 0. The molecule has 1 aromatic carbocycles. The summed E-state index contributed by atoms with van der Waals surface area (Å²) in [6.45, 7) is 2.19. The monoisotopic (exact) mass is 314 g/mol. The fourth-order valence-corrected chi connectivity index (χ4v) is 3.24. The van der Waals surface area contributed by atoms with Crippen LogP contribution >= 0.6 is 0 Å². The van der Waals surface area contributed by atoms with Crippen molar-refractivity contribution in [2.75, 3.05) is 0 Å². The van der Waals surface area contributed by atoms with Gasteiger partial charge in [-0.3, -0.25) is 9.97 Å². The standard InChI is InChI=1S/C20H18N4/c1-2-19(15-7-10-21-11-8-15)24-14-13-23-20(24)17-9-12-22-18-6-4-3-5-16(17)18/h3-14,19H,2H2,1H3. The van der Waals surface area contributed by atoms with Gasteiger partial charge in [0, 0.05) is 41.9 Å². The smallest absolute Gasteiger partial charge is 0.141 e. The summed E-state index contributed by atoms with van der Waals surface area (Å²) in [6.07, 6.45) is 10.4. The molecule has 4 aromatic rings. The van der Waals surface area contributed by atoms with Crippen molar-refractivity contribution >= 4 is 10.9 Å². The number of para-hydroxylation sites is 1. The largest absolute Gasteiger partial charge is 0.323 e. The van der Waals surface area contributed by atoms with Gasteiger partial charge in [0.25, 0.3) is 0 Å². The highest BCUT2D eigenvalue weighted by Crippen LogP contribution is 2.31. The molecule has 0 saturated heterocycles. The van der Waals surface area contributed by atoms with Gasteiger partial charge in [0.15, 0.2) is 0 Å². The molecule has 0 fully saturated rings. The second kappa shape index (κ2) is 6.24. The van der Waals surface area contributed by atoms with Gasteiger partial charge in [0.1, 0.15) is 5.82 Å². The van der Waals surface area contributed by atoms with Gasteiger partial charge in [0.05, 0.1) is 11.6 Å². The number of pyridine rings is 2. The van der Waals surface area contributed by atoms with Gasteiger partial charge >= 0.3 is 0 Å². The molecule has 24 heavy (non-hydrogen) atoms. The third-order valence-corrected chi connectivity index (χ3v) is 4.37. The average molecular weight is 314 g/mol. The van der Waals surface area contributed by atoms with Gasteiger partial charge in [-0.2, -0.15) is 0 Å². The van der Waals surface area contributed by atoms with Crippen LogP contribution in [0.2, 0.25) is 0 Å². The molecular weight excluding hydrogens is 296 g/mol. The zero-order valence-electron chi connectivity index (χ0n) is 13.5. The fourth-order valence-electron chi connectivity index (χ4n) is 3.24. The summed E-state index contributed by atoms with van der Waals surface area (Å²) in [5, 5.41) is 1.12. The predicted molar refractivity (Wildman–Crippen MR) is 95.6 cm³/mol. The second-order valence-electron chi connectivity index (χ2n) is 5.74. The summed E-state index contributed by atoms with van der Waals surface area (Å²) in [5.74, 6) is 0.970. The molecule has 4 heteroatoms. The van der Waals surface area contributed by atoms with Gasteiger partial charge in [-0.05, 0) is 36.2 Å². The molecule has 3 heterocycles. The maximum atomic E-state index is 4.65. The quantitative estimate of drug-likeness (QED) is 0.557. The zero-order valence-corrected chi connectivity index (χ0v) is 13.5. The third kappa shape index (κ3) is 2.46. The summed E-state index contributed by atoms with van der Waals surface area (Å²) in [6, 6.07) is 14.6. The fraction of sp³-hybridized carbons (Fsp3) is 0.150. The molecule has 0 aliphatic carbocycles. The first-order valence-corrected chi connectivity index (χ1v) is 8.15. The van der Waals surface area contributed by atoms with E-state index in [9.17, 15) is 0 Å². The Morgan fingerprint density at radius 2 is 1.75 bits per heavy atom. The van der Waals surface area contributed by atoms with Gasteiger partial charge in [0.2, 0.25) is 0 Å². The topological polar surface area (TPSA) is 43.6 Å². The Morgan fingerprint density at radius 1 is 0.917 bits per heavy atom. The molecule has 118 valence electrons. The second-order valence-corrected chi connectivity index (χ2v) is 5.74. The molecule has 1 atom stereocenters. The van der Waals surface area contributed by atoms with Crippen LogP contribution in [0.15, 0.2) is 73.4 Å². The van der Waals surface area contributed by atoms with E-state index < -0.39 is 0 Å². The Kier molecular flexibility index (Phi) is 3.79. The Labute approximate surface area is 140 Å². The van der Waals surface area contributed by atoms with Crippen molar-refractivity contribution in [3.63, 3.8) is 0 Å². The van der Waals surface area contributed by atoms with Gasteiger partial charge in [-0.15, -0.1) is 0 Å². The van der Waals surface area contributed by atoms with E-state index in [1.165, 1.54) is 5.56 Å². The van der Waals surface area contributed by atoms with Crippen molar-refractivity contribution in [2.45, 2.75) is 19.4 Å². The molecule has 0 aliphatic rings. The summed E-state index contributed by atoms with van der Waals surface area (Å²) in [7, 11) is 0. The van der Waals surface area contributed by atoms with E-state index in [4.69, 9.17) is 0 Å². The van der Waals surface area contributed by atoms with Crippen molar-refractivity contribution in [1.82, 2.24) is 19.5 Å². The van der Waals surface area contributed by atoms with E-state index in [1.807, 2.05) is 49.1 Å². The zero-order chi connectivity index (χ0) is 16.4. The van der Waals surface area contributed by atoms with E-state index >= 15 is 0 Å². The van der Waals surface area contributed by atoms with Crippen molar-refractivity contribution in [2.24, 2.45) is 0 Å². The van der Waals surface area contributed by atoms with Crippen LogP contribution in [0.3, 0.4) is 0 Å². The summed E-state index contributed by atoms with van der Waals surface area (Å²) < 4.78 is 2.25. The van der Waals surface area contributed by atoms with Crippen molar-refractivity contribution in [3.05, 3.63) is 79.0 Å². The van der Waals surface area contributed by atoms with Crippen LogP contribution in [0.1, 0.15) is 24.9 Å². The van der Waals surface area contributed by atoms with Gasteiger partial charge < -0.3 is 4.57 Å². The van der Waals surface area contributed by atoms with Crippen molar-refractivity contribution in [3.8, 4) is 11.4 Å². The molecular formula is C20H18N4. The van der Waals surface area contributed by atoms with E-state index in [0.29, 0.717) is 0 Å². The summed E-state index contributed by atoms with van der Waals surface area (Å²) >= 11 is 0. The average Bonchev–Trinajstić information content (AvgIpc) is 3.12. The van der Waals surface area contributed by atoms with Crippen molar-refractivity contribution in [1.29, 1.82) is 0 Å². The van der Waals surface area contributed by atoms with E-state index in [2.05, 4.69) is 50.8 Å². The van der Waals surface area contributed by atoms with Crippen LogP contribution in [-0.4, -0.2) is 19.5 Å². The van der Waals surface area contributed by atoms with E-state index in [-0.39, 0.29) is 6.04 Å². The minimum absolute atomic E-state index is 0.234.